The summed E-state index contributed by atoms with van der Waals surface area (Å²) in [5, 5.41) is 0. The Morgan fingerprint density at radius 2 is 1.56 bits per heavy atom. The number of hydrogen-bond donors (Lipinski definition) is 1. The van der Waals surface area contributed by atoms with Crippen molar-refractivity contribution in [3.8, 4) is 0 Å². The molecule has 178 valence electrons. The van der Waals surface area contributed by atoms with E-state index in [0.29, 0.717) is 5.92 Å². The van der Waals surface area contributed by atoms with E-state index in [1.807, 2.05) is 6.08 Å². The maximum Gasteiger partial charge on any atom is 0.244 e. The van der Waals surface area contributed by atoms with Crippen LogP contribution in [0.25, 0.3) is 0 Å². The van der Waals surface area contributed by atoms with Gasteiger partial charge in [0.1, 0.15) is 0 Å². The van der Waals surface area contributed by atoms with Gasteiger partial charge in [0.25, 0.3) is 0 Å². The number of carbonyl (C=O) groups is 1. The lowest BCUT2D eigenvalue weighted by Crippen LogP contribution is -2.34. The molecular weight excluding hydrogens is 390 g/mol. The van der Waals surface area contributed by atoms with Gasteiger partial charge in [-0.1, -0.05) is 79.0 Å². The minimum atomic E-state index is -0.248. The molecule has 3 unspecified atom stereocenters. The van der Waals surface area contributed by atoms with E-state index in [1.54, 1.807) is 0 Å². The highest BCUT2D eigenvalue weighted by atomic mass is 16.1. The van der Waals surface area contributed by atoms with Crippen LogP contribution in [0, 0.1) is 24.7 Å². The Morgan fingerprint density at radius 1 is 1.00 bits per heavy atom. The first-order valence-electron chi connectivity index (χ1n) is 13.0. The SMILES string of the molecule is CC1CCCC(C)C1.Cc1cc2c(cc1CC1CC=C(C(N)=O)C1)C(C)(C)CCC2(C)C. The molecule has 4 rings (SSSR count). The maximum atomic E-state index is 11.4. The largest absolute Gasteiger partial charge is 0.366 e. The molecule has 1 saturated carbocycles. The van der Waals surface area contributed by atoms with Crippen molar-refractivity contribution in [1.29, 1.82) is 0 Å². The number of hydrogen-bond acceptors (Lipinski definition) is 1. The number of fused-ring (bicyclic) bond motifs is 1. The molecule has 1 aromatic rings. The Bertz CT molecular complexity index is 852. The second kappa shape index (κ2) is 9.74. The van der Waals surface area contributed by atoms with E-state index >= 15 is 0 Å². The van der Waals surface area contributed by atoms with Crippen molar-refractivity contribution in [3.05, 3.63) is 46.0 Å². The maximum absolute atomic E-state index is 11.4. The van der Waals surface area contributed by atoms with Crippen LogP contribution in [-0.2, 0) is 22.0 Å². The minimum absolute atomic E-state index is 0.248. The van der Waals surface area contributed by atoms with E-state index in [1.165, 1.54) is 60.8 Å². The molecule has 0 aliphatic heterocycles. The quantitative estimate of drug-likeness (QED) is 0.521. The van der Waals surface area contributed by atoms with Crippen LogP contribution in [0.15, 0.2) is 23.8 Å². The zero-order valence-electron chi connectivity index (χ0n) is 21.8. The molecule has 0 aromatic heterocycles. The molecule has 3 aliphatic rings. The normalized spacial score (nSPS) is 28.2. The van der Waals surface area contributed by atoms with Crippen molar-refractivity contribution in [2.75, 3.05) is 0 Å². The van der Waals surface area contributed by atoms with Crippen LogP contribution in [0.4, 0.5) is 0 Å². The number of amides is 1. The number of primary amides is 1. The van der Waals surface area contributed by atoms with Crippen LogP contribution in [0.3, 0.4) is 0 Å². The van der Waals surface area contributed by atoms with E-state index in [9.17, 15) is 4.79 Å². The molecule has 1 amide bonds. The van der Waals surface area contributed by atoms with Gasteiger partial charge in [0.15, 0.2) is 0 Å². The number of allylic oxidation sites excluding steroid dienone is 1. The lowest BCUT2D eigenvalue weighted by molar-refractivity contribution is -0.114. The fourth-order valence-electron chi connectivity index (χ4n) is 6.18. The van der Waals surface area contributed by atoms with Crippen molar-refractivity contribution in [3.63, 3.8) is 0 Å². The van der Waals surface area contributed by atoms with Crippen molar-refractivity contribution in [2.24, 2.45) is 23.5 Å². The molecule has 0 spiro atoms. The number of rotatable bonds is 3. The van der Waals surface area contributed by atoms with Gasteiger partial charge in [-0.25, -0.2) is 0 Å². The molecule has 3 aliphatic carbocycles. The fraction of sp³-hybridized carbons (Fsp3) is 0.700. The number of nitrogens with two attached hydrogens (primary N) is 1. The smallest absolute Gasteiger partial charge is 0.244 e. The molecule has 0 radical (unpaired) electrons. The summed E-state index contributed by atoms with van der Waals surface area (Å²) >= 11 is 0. The molecule has 2 heteroatoms. The summed E-state index contributed by atoms with van der Waals surface area (Å²) in [6.07, 6.45) is 13.3. The number of benzene rings is 1. The van der Waals surface area contributed by atoms with E-state index in [2.05, 4.69) is 60.6 Å². The molecule has 0 bridgehead atoms. The first-order chi connectivity index (χ1) is 14.9. The highest BCUT2D eigenvalue weighted by Crippen LogP contribution is 2.47. The number of carbonyl (C=O) groups excluding carboxylic acids is 1. The predicted molar refractivity (Wildman–Crippen MR) is 137 cm³/mol. The first-order valence-corrected chi connectivity index (χ1v) is 13.0. The fourth-order valence-corrected chi connectivity index (χ4v) is 6.18. The van der Waals surface area contributed by atoms with Crippen molar-refractivity contribution >= 4 is 5.91 Å². The van der Waals surface area contributed by atoms with Crippen molar-refractivity contribution < 1.29 is 4.79 Å². The van der Waals surface area contributed by atoms with Gasteiger partial charge < -0.3 is 5.73 Å². The van der Waals surface area contributed by atoms with Crippen LogP contribution in [0.1, 0.15) is 115 Å². The summed E-state index contributed by atoms with van der Waals surface area (Å²) < 4.78 is 0. The van der Waals surface area contributed by atoms with E-state index in [-0.39, 0.29) is 16.7 Å². The van der Waals surface area contributed by atoms with Gasteiger partial charge in [0.05, 0.1) is 0 Å². The Morgan fingerprint density at radius 3 is 2.03 bits per heavy atom. The Balaban J connectivity index is 0.000000305. The van der Waals surface area contributed by atoms with Crippen LogP contribution >= 0.6 is 0 Å². The van der Waals surface area contributed by atoms with Crippen LogP contribution in [0.2, 0.25) is 0 Å². The molecular formula is C30H47NO. The zero-order valence-corrected chi connectivity index (χ0v) is 21.8. The minimum Gasteiger partial charge on any atom is -0.366 e. The summed E-state index contributed by atoms with van der Waals surface area (Å²) in [4.78, 5) is 11.4. The third-order valence-electron chi connectivity index (χ3n) is 8.54. The standard InChI is InChI=1S/C22H31NO.C8H16/c1-14-10-18-19(22(4,5)9-8-21(18,2)3)13-17(14)12-15-6-7-16(11-15)20(23)24;1-7-4-3-5-8(2)6-7/h7,10,13,15H,6,8-9,11-12H2,1-5H3,(H2,23,24);7-8H,3-6H2,1-2H3. The molecule has 3 atom stereocenters. The lowest BCUT2D eigenvalue weighted by Gasteiger charge is -2.42. The predicted octanol–water partition coefficient (Wildman–Crippen LogP) is 7.54. The molecule has 1 fully saturated rings. The van der Waals surface area contributed by atoms with Gasteiger partial charge in [-0.3, -0.25) is 4.79 Å². The van der Waals surface area contributed by atoms with E-state index in [0.717, 1.165) is 36.7 Å². The van der Waals surface area contributed by atoms with E-state index < -0.39 is 0 Å². The highest BCUT2D eigenvalue weighted by molar-refractivity contribution is 5.92. The number of aryl methyl sites for hydroxylation is 1. The second-order valence-corrected chi connectivity index (χ2v) is 12.6. The van der Waals surface area contributed by atoms with Gasteiger partial charge in [-0.05, 0) is 96.3 Å². The molecule has 2 nitrogen and oxygen atoms in total. The third kappa shape index (κ3) is 5.86. The van der Waals surface area contributed by atoms with Crippen LogP contribution < -0.4 is 5.73 Å². The molecule has 1 aromatic carbocycles. The van der Waals surface area contributed by atoms with Gasteiger partial charge in [0.2, 0.25) is 5.91 Å². The Labute approximate surface area is 197 Å². The molecule has 0 heterocycles. The van der Waals surface area contributed by atoms with E-state index in [4.69, 9.17) is 5.73 Å². The summed E-state index contributed by atoms with van der Waals surface area (Å²) in [5.74, 6) is 2.30. The average molecular weight is 438 g/mol. The summed E-state index contributed by atoms with van der Waals surface area (Å²) in [5.41, 5.74) is 12.7. The van der Waals surface area contributed by atoms with Gasteiger partial charge in [-0.2, -0.15) is 0 Å². The summed E-state index contributed by atoms with van der Waals surface area (Å²) in [7, 11) is 0. The summed E-state index contributed by atoms with van der Waals surface area (Å²) in [6.45, 7) is 16.5. The topological polar surface area (TPSA) is 43.1 Å². The van der Waals surface area contributed by atoms with Crippen molar-refractivity contribution in [2.45, 2.75) is 117 Å². The Hall–Kier alpha value is -1.57. The van der Waals surface area contributed by atoms with Gasteiger partial charge in [0, 0.05) is 5.57 Å². The average Bonchev–Trinajstić information content (AvgIpc) is 3.16. The van der Waals surface area contributed by atoms with Crippen LogP contribution in [-0.4, -0.2) is 5.91 Å². The van der Waals surface area contributed by atoms with Crippen molar-refractivity contribution in [1.82, 2.24) is 0 Å². The van der Waals surface area contributed by atoms with Gasteiger partial charge in [-0.15, -0.1) is 0 Å². The second-order valence-electron chi connectivity index (χ2n) is 12.6. The molecule has 0 saturated heterocycles. The van der Waals surface area contributed by atoms with Crippen LogP contribution in [0.5, 0.6) is 0 Å². The lowest BCUT2D eigenvalue weighted by atomic mass is 9.62. The third-order valence-corrected chi connectivity index (χ3v) is 8.54. The van der Waals surface area contributed by atoms with Gasteiger partial charge >= 0.3 is 0 Å². The molecule has 32 heavy (non-hydrogen) atoms. The summed E-state index contributed by atoms with van der Waals surface area (Å²) in [6, 6.07) is 4.90. The first kappa shape index (κ1) is 25.1. The zero-order chi connectivity index (χ0) is 23.7. The Kier molecular flexibility index (Phi) is 7.62. The molecule has 2 N–H and O–H groups in total. The monoisotopic (exact) mass is 437 g/mol. The highest BCUT2D eigenvalue weighted by Gasteiger charge is 2.37.